The van der Waals surface area contributed by atoms with Gasteiger partial charge in [0.1, 0.15) is 0 Å². The second-order valence-corrected chi connectivity index (χ2v) is 7.97. The van der Waals surface area contributed by atoms with E-state index < -0.39 is 6.04 Å². The maximum atomic E-state index is 13.3. The fourth-order valence-corrected chi connectivity index (χ4v) is 3.29. The minimum Gasteiger partial charge on any atom is -0.372 e. The second kappa shape index (κ2) is 7.76. The Bertz CT molecular complexity index is 621. The molecular formula is C20H29N3O3. The first-order chi connectivity index (χ1) is 12.4. The zero-order valence-corrected chi connectivity index (χ0v) is 16.1. The fourth-order valence-electron chi connectivity index (χ4n) is 3.29. The van der Waals surface area contributed by atoms with Crippen LogP contribution in [-0.4, -0.2) is 50.2 Å². The first kappa shape index (κ1) is 18.9. The van der Waals surface area contributed by atoms with E-state index in [1.165, 1.54) is 0 Å². The summed E-state index contributed by atoms with van der Waals surface area (Å²) >= 11 is 0. The summed E-state index contributed by atoms with van der Waals surface area (Å²) in [5.74, 6) is 0.239. The number of fused-ring (bicyclic) bond motifs is 1. The average molecular weight is 359 g/mol. The molecule has 6 nitrogen and oxygen atoms in total. The Hall–Kier alpha value is -1.92. The first-order valence-corrected chi connectivity index (χ1v) is 9.45. The number of ether oxygens (including phenoxy) is 1. The molecule has 0 spiro atoms. The van der Waals surface area contributed by atoms with Crippen molar-refractivity contribution in [2.75, 3.05) is 36.0 Å². The van der Waals surface area contributed by atoms with Gasteiger partial charge in [-0.05, 0) is 24.0 Å². The van der Waals surface area contributed by atoms with Crippen LogP contribution in [0.4, 0.5) is 11.4 Å². The smallest absolute Gasteiger partial charge is 0.253 e. The maximum absolute atomic E-state index is 13.3. The van der Waals surface area contributed by atoms with Crippen molar-refractivity contribution in [3.8, 4) is 0 Å². The number of hydrogen-bond acceptors (Lipinski definition) is 4. The molecule has 2 aliphatic rings. The van der Waals surface area contributed by atoms with E-state index >= 15 is 0 Å². The van der Waals surface area contributed by atoms with Crippen LogP contribution in [0.25, 0.3) is 0 Å². The number of benzene rings is 1. The highest BCUT2D eigenvalue weighted by Crippen LogP contribution is 2.34. The minimum absolute atomic E-state index is 0.110. The molecule has 2 amide bonds. The highest BCUT2D eigenvalue weighted by molar-refractivity contribution is 6.20. The number of hydrogen-bond donors (Lipinski definition) is 1. The van der Waals surface area contributed by atoms with Crippen LogP contribution in [0.1, 0.15) is 27.7 Å². The van der Waals surface area contributed by atoms with E-state index in [2.05, 4.69) is 33.0 Å². The Morgan fingerprint density at radius 1 is 1.00 bits per heavy atom. The topological polar surface area (TPSA) is 65.2 Å². The van der Waals surface area contributed by atoms with E-state index in [9.17, 15) is 9.59 Å². The maximum Gasteiger partial charge on any atom is 0.253 e. The van der Waals surface area contributed by atoms with Crippen molar-refractivity contribution in [2.45, 2.75) is 39.8 Å². The Morgan fingerprint density at radius 2 is 1.46 bits per heavy atom. The summed E-state index contributed by atoms with van der Waals surface area (Å²) in [6.07, 6.45) is 0.110. The summed E-state index contributed by atoms with van der Waals surface area (Å²) in [6, 6.07) is 6.83. The van der Waals surface area contributed by atoms with Crippen molar-refractivity contribution in [3.05, 3.63) is 24.3 Å². The van der Waals surface area contributed by atoms with Gasteiger partial charge in [0, 0.05) is 19.6 Å². The van der Waals surface area contributed by atoms with Crippen molar-refractivity contribution >= 4 is 23.2 Å². The molecule has 142 valence electrons. The number of epoxide rings is 1. The highest BCUT2D eigenvalue weighted by atomic mass is 16.6. The van der Waals surface area contributed by atoms with E-state index in [0.29, 0.717) is 38.1 Å². The molecule has 0 aromatic heterocycles. The van der Waals surface area contributed by atoms with E-state index in [0.717, 1.165) is 11.4 Å². The zero-order chi connectivity index (χ0) is 18.8. The van der Waals surface area contributed by atoms with Crippen LogP contribution in [-0.2, 0) is 14.3 Å². The molecule has 2 heterocycles. The summed E-state index contributed by atoms with van der Waals surface area (Å²) in [7, 11) is 0. The molecule has 2 aliphatic heterocycles. The first-order valence-electron chi connectivity index (χ1n) is 9.45. The van der Waals surface area contributed by atoms with Crippen molar-refractivity contribution < 1.29 is 14.3 Å². The molecule has 1 aromatic rings. The quantitative estimate of drug-likeness (QED) is 0.598. The van der Waals surface area contributed by atoms with Crippen molar-refractivity contribution in [3.63, 3.8) is 0 Å². The van der Waals surface area contributed by atoms with Crippen LogP contribution in [0.5, 0.6) is 0 Å². The molecule has 1 fully saturated rings. The molecule has 1 unspecified atom stereocenters. The van der Waals surface area contributed by atoms with Gasteiger partial charge in [-0.2, -0.15) is 0 Å². The number of nitrogens with one attached hydrogen (secondary N) is 1. The molecule has 0 radical (unpaired) electrons. The predicted octanol–water partition coefficient (Wildman–Crippen LogP) is 2.04. The number of anilines is 2. The number of rotatable bonds is 7. The molecule has 26 heavy (non-hydrogen) atoms. The Balaban J connectivity index is 2.01. The summed E-state index contributed by atoms with van der Waals surface area (Å²) in [5, 5.41) is 3.16. The van der Waals surface area contributed by atoms with E-state index in [1.807, 2.05) is 24.3 Å². The molecule has 3 rings (SSSR count). The molecule has 0 saturated carbocycles. The Morgan fingerprint density at radius 3 is 1.85 bits per heavy atom. The third-order valence-corrected chi connectivity index (χ3v) is 4.54. The summed E-state index contributed by atoms with van der Waals surface area (Å²) in [4.78, 5) is 30.1. The van der Waals surface area contributed by atoms with Crippen LogP contribution in [0.15, 0.2) is 24.3 Å². The number of para-hydroxylation sites is 2. The third-order valence-electron chi connectivity index (χ3n) is 4.54. The molecule has 1 atom stereocenters. The zero-order valence-electron chi connectivity index (χ0n) is 16.1. The normalized spacial score (nSPS) is 20.8. The average Bonchev–Trinajstić information content (AvgIpc) is 3.41. The molecule has 0 bridgehead atoms. The van der Waals surface area contributed by atoms with E-state index in [1.54, 1.807) is 9.80 Å². The van der Waals surface area contributed by atoms with Crippen LogP contribution in [0.2, 0.25) is 0 Å². The Kier molecular flexibility index (Phi) is 5.63. The fraction of sp³-hybridized carbons (Fsp3) is 0.600. The van der Waals surface area contributed by atoms with E-state index in [-0.39, 0.29) is 17.9 Å². The van der Waals surface area contributed by atoms with Gasteiger partial charge in [0.15, 0.2) is 6.04 Å². The van der Waals surface area contributed by atoms with Gasteiger partial charge in [0.25, 0.3) is 11.8 Å². The highest BCUT2D eigenvalue weighted by Gasteiger charge is 2.41. The van der Waals surface area contributed by atoms with Gasteiger partial charge in [0.2, 0.25) is 0 Å². The standard InChI is InChI=1S/C20H29N3O3/c1-13(2)10-22-16-7-5-6-8-17(16)23(11-14(3)4)20(25)18(19(22)24)21-9-15-12-26-15/h5-8,13-15,18,21H,9-12H2,1-4H3. The van der Waals surface area contributed by atoms with Crippen molar-refractivity contribution in [2.24, 2.45) is 11.8 Å². The van der Waals surface area contributed by atoms with Gasteiger partial charge in [-0.15, -0.1) is 0 Å². The second-order valence-electron chi connectivity index (χ2n) is 7.97. The van der Waals surface area contributed by atoms with Gasteiger partial charge < -0.3 is 14.5 Å². The molecule has 6 heteroatoms. The van der Waals surface area contributed by atoms with Crippen molar-refractivity contribution in [1.29, 1.82) is 0 Å². The largest absolute Gasteiger partial charge is 0.372 e. The van der Waals surface area contributed by atoms with Crippen molar-refractivity contribution in [1.82, 2.24) is 5.32 Å². The number of amides is 2. The van der Waals surface area contributed by atoms with Gasteiger partial charge in [-0.25, -0.2) is 0 Å². The molecular weight excluding hydrogens is 330 g/mol. The van der Waals surface area contributed by atoms with Gasteiger partial charge in [-0.3, -0.25) is 14.9 Å². The lowest BCUT2D eigenvalue weighted by Gasteiger charge is -2.27. The van der Waals surface area contributed by atoms with Crippen LogP contribution < -0.4 is 15.1 Å². The van der Waals surface area contributed by atoms with Crippen LogP contribution in [0, 0.1) is 11.8 Å². The molecule has 1 N–H and O–H groups in total. The Labute approximate surface area is 155 Å². The summed E-state index contributed by atoms with van der Waals surface area (Å²) < 4.78 is 5.23. The third kappa shape index (κ3) is 4.07. The monoisotopic (exact) mass is 359 g/mol. The molecule has 0 aliphatic carbocycles. The predicted molar refractivity (Wildman–Crippen MR) is 102 cm³/mol. The summed E-state index contributed by atoms with van der Waals surface area (Å²) in [5.41, 5.74) is 1.62. The van der Waals surface area contributed by atoms with E-state index in [4.69, 9.17) is 4.74 Å². The lowest BCUT2D eigenvalue weighted by Crippen LogP contribution is -2.55. The minimum atomic E-state index is -0.871. The van der Waals surface area contributed by atoms with Crippen LogP contribution >= 0.6 is 0 Å². The molecule has 1 saturated heterocycles. The number of carbonyl (C=O) groups is 2. The van der Waals surface area contributed by atoms with Gasteiger partial charge in [-0.1, -0.05) is 39.8 Å². The molecule has 1 aromatic carbocycles. The van der Waals surface area contributed by atoms with Gasteiger partial charge >= 0.3 is 0 Å². The number of nitrogens with zero attached hydrogens (tertiary/aromatic N) is 2. The lowest BCUT2D eigenvalue weighted by molar-refractivity contribution is -0.129. The van der Waals surface area contributed by atoms with Crippen LogP contribution in [0.3, 0.4) is 0 Å². The summed E-state index contributed by atoms with van der Waals surface area (Å²) in [6.45, 7) is 10.7. The lowest BCUT2D eigenvalue weighted by atomic mass is 10.1. The van der Waals surface area contributed by atoms with Gasteiger partial charge in [0.05, 0.1) is 24.1 Å². The SMILES string of the molecule is CC(C)CN1C(=O)C(NCC2CO2)C(=O)N(CC(C)C)c2ccccc21. The number of carbonyl (C=O) groups excluding carboxylic acids is 2.